The van der Waals surface area contributed by atoms with Gasteiger partial charge in [0.25, 0.3) is 0 Å². The number of hydrogen-bond donors (Lipinski definition) is 2. The highest BCUT2D eigenvalue weighted by molar-refractivity contribution is 5.86. The third kappa shape index (κ3) is 3.00. The Morgan fingerprint density at radius 1 is 1.17 bits per heavy atom. The summed E-state index contributed by atoms with van der Waals surface area (Å²) in [5.74, 6) is -0.623. The van der Waals surface area contributed by atoms with Crippen LogP contribution in [0.15, 0.2) is 0 Å². The number of carbonyl (C=O) groups excluding carboxylic acids is 2. The Balaban J connectivity index is 4.09. The van der Waals surface area contributed by atoms with E-state index in [4.69, 9.17) is 0 Å². The summed E-state index contributed by atoms with van der Waals surface area (Å²) in [7, 11) is 1.61. The summed E-state index contributed by atoms with van der Waals surface area (Å²) < 4.78 is 0. The lowest BCUT2D eigenvalue weighted by molar-refractivity contribution is -0.132. The lowest BCUT2D eigenvalue weighted by atomic mass is 9.92. The highest BCUT2D eigenvalue weighted by Crippen LogP contribution is 2.11. The van der Waals surface area contributed by atoms with Gasteiger partial charge in [-0.3, -0.25) is 15.0 Å². The molecule has 0 fully saturated rings. The average molecular weight is 172 g/mol. The first-order valence-corrected chi connectivity index (χ1v) is 3.97. The predicted molar refractivity (Wildman–Crippen MR) is 46.2 cm³/mol. The van der Waals surface area contributed by atoms with E-state index in [9.17, 15) is 9.59 Å². The Hall–Kier alpha value is -0.900. The summed E-state index contributed by atoms with van der Waals surface area (Å²) in [6, 6.07) is 0. The number of Topliss-reactive ketones (excluding diaryl/α,β-unsaturated/α-hetero) is 1. The number of ketones is 1. The lowest BCUT2D eigenvalue weighted by Gasteiger charge is -2.15. The standard InChI is InChI=1S/C8H16N2O2/c1-5(7(3)11)6(2)8(12)10-9-4/h5-6,9H,1-4H3,(H,10,12)/t5-,6+/m0/s1. The van der Waals surface area contributed by atoms with Crippen LogP contribution in [0.1, 0.15) is 20.8 Å². The molecule has 0 aromatic carbocycles. The van der Waals surface area contributed by atoms with E-state index >= 15 is 0 Å². The molecular formula is C8H16N2O2. The smallest absolute Gasteiger partial charge is 0.237 e. The van der Waals surface area contributed by atoms with Crippen molar-refractivity contribution in [2.75, 3.05) is 7.05 Å². The highest BCUT2D eigenvalue weighted by atomic mass is 16.2. The van der Waals surface area contributed by atoms with Crippen molar-refractivity contribution in [2.24, 2.45) is 11.8 Å². The summed E-state index contributed by atoms with van der Waals surface area (Å²) in [4.78, 5) is 22.1. The van der Waals surface area contributed by atoms with E-state index in [0.29, 0.717) is 0 Å². The fraction of sp³-hybridized carbons (Fsp3) is 0.750. The third-order valence-electron chi connectivity index (χ3n) is 2.05. The Kier molecular flexibility index (Phi) is 4.51. The molecule has 0 aromatic rings. The molecule has 4 nitrogen and oxygen atoms in total. The van der Waals surface area contributed by atoms with E-state index < -0.39 is 0 Å². The number of hydrogen-bond acceptors (Lipinski definition) is 3. The van der Waals surface area contributed by atoms with Crippen LogP contribution in [-0.4, -0.2) is 18.7 Å². The molecular weight excluding hydrogens is 156 g/mol. The normalized spacial score (nSPS) is 15.0. The van der Waals surface area contributed by atoms with Gasteiger partial charge >= 0.3 is 0 Å². The second kappa shape index (κ2) is 4.87. The van der Waals surface area contributed by atoms with Crippen LogP contribution in [0, 0.1) is 11.8 Å². The van der Waals surface area contributed by atoms with E-state index in [1.807, 2.05) is 0 Å². The molecule has 0 aliphatic heterocycles. The maximum Gasteiger partial charge on any atom is 0.237 e. The van der Waals surface area contributed by atoms with Gasteiger partial charge in [0.1, 0.15) is 5.78 Å². The molecule has 0 rings (SSSR count). The van der Waals surface area contributed by atoms with Crippen molar-refractivity contribution < 1.29 is 9.59 Å². The van der Waals surface area contributed by atoms with Crippen LogP contribution in [0.3, 0.4) is 0 Å². The predicted octanol–water partition coefficient (Wildman–Crippen LogP) is 0.0982. The Morgan fingerprint density at radius 2 is 1.67 bits per heavy atom. The van der Waals surface area contributed by atoms with Gasteiger partial charge in [-0.1, -0.05) is 13.8 Å². The lowest BCUT2D eigenvalue weighted by Crippen LogP contribution is -2.40. The number of carbonyl (C=O) groups is 2. The molecule has 0 aromatic heterocycles. The molecule has 2 atom stereocenters. The quantitative estimate of drug-likeness (QED) is 0.591. The number of amides is 1. The van der Waals surface area contributed by atoms with Crippen molar-refractivity contribution in [3.8, 4) is 0 Å². The van der Waals surface area contributed by atoms with Gasteiger partial charge in [-0.05, 0) is 6.92 Å². The summed E-state index contributed by atoms with van der Waals surface area (Å²) in [6.07, 6.45) is 0. The third-order valence-corrected chi connectivity index (χ3v) is 2.05. The van der Waals surface area contributed by atoms with Gasteiger partial charge in [0.2, 0.25) is 5.91 Å². The molecule has 0 heterocycles. The van der Waals surface area contributed by atoms with E-state index in [-0.39, 0.29) is 23.5 Å². The van der Waals surface area contributed by atoms with Gasteiger partial charge in [0.15, 0.2) is 0 Å². The topological polar surface area (TPSA) is 58.2 Å². The zero-order valence-corrected chi connectivity index (χ0v) is 7.97. The summed E-state index contributed by atoms with van der Waals surface area (Å²) in [5.41, 5.74) is 4.97. The number of nitrogens with one attached hydrogen (secondary N) is 2. The molecule has 0 radical (unpaired) electrons. The second-order valence-electron chi connectivity index (χ2n) is 2.93. The molecule has 12 heavy (non-hydrogen) atoms. The van der Waals surface area contributed by atoms with Crippen LogP contribution in [0.25, 0.3) is 0 Å². The Bertz CT molecular complexity index is 180. The van der Waals surface area contributed by atoms with E-state index in [2.05, 4.69) is 10.9 Å². The fourth-order valence-electron chi connectivity index (χ4n) is 0.816. The van der Waals surface area contributed by atoms with Gasteiger partial charge in [-0.15, -0.1) is 0 Å². The average Bonchev–Trinajstić information content (AvgIpc) is 2.02. The largest absolute Gasteiger partial charge is 0.300 e. The highest BCUT2D eigenvalue weighted by Gasteiger charge is 2.22. The zero-order valence-electron chi connectivity index (χ0n) is 7.97. The fourth-order valence-corrected chi connectivity index (χ4v) is 0.816. The molecule has 0 aliphatic carbocycles. The first kappa shape index (κ1) is 11.1. The number of rotatable bonds is 4. The molecule has 2 N–H and O–H groups in total. The molecule has 0 saturated heterocycles. The van der Waals surface area contributed by atoms with Gasteiger partial charge in [0, 0.05) is 18.9 Å². The van der Waals surface area contributed by atoms with E-state index in [1.54, 1.807) is 20.9 Å². The minimum Gasteiger partial charge on any atom is -0.300 e. The van der Waals surface area contributed by atoms with Crippen molar-refractivity contribution in [1.29, 1.82) is 0 Å². The van der Waals surface area contributed by atoms with E-state index in [1.165, 1.54) is 6.92 Å². The van der Waals surface area contributed by atoms with Crippen molar-refractivity contribution in [3.63, 3.8) is 0 Å². The molecule has 70 valence electrons. The molecule has 0 spiro atoms. The summed E-state index contributed by atoms with van der Waals surface area (Å²) in [5, 5.41) is 0. The molecule has 0 saturated carbocycles. The first-order valence-electron chi connectivity index (χ1n) is 3.97. The van der Waals surface area contributed by atoms with Crippen molar-refractivity contribution >= 4 is 11.7 Å². The maximum atomic E-state index is 11.2. The first-order chi connectivity index (χ1) is 5.50. The molecule has 0 unspecified atom stereocenters. The Labute approximate surface area is 72.7 Å². The molecule has 1 amide bonds. The number of hydrazine groups is 1. The van der Waals surface area contributed by atoms with Crippen LogP contribution >= 0.6 is 0 Å². The van der Waals surface area contributed by atoms with Gasteiger partial charge in [-0.25, -0.2) is 5.43 Å². The molecule has 4 heteroatoms. The van der Waals surface area contributed by atoms with Crippen LogP contribution in [0.4, 0.5) is 0 Å². The summed E-state index contributed by atoms with van der Waals surface area (Å²) >= 11 is 0. The molecule has 0 bridgehead atoms. The SMILES string of the molecule is CNNC(=O)[C@H](C)[C@H](C)C(C)=O. The second-order valence-corrected chi connectivity index (χ2v) is 2.93. The van der Waals surface area contributed by atoms with Gasteiger partial charge in [0.05, 0.1) is 0 Å². The minimum absolute atomic E-state index is 0.0359. The van der Waals surface area contributed by atoms with Gasteiger partial charge in [-0.2, -0.15) is 0 Å². The summed E-state index contributed by atoms with van der Waals surface area (Å²) in [6.45, 7) is 4.98. The monoisotopic (exact) mass is 172 g/mol. The zero-order chi connectivity index (χ0) is 9.72. The van der Waals surface area contributed by atoms with Crippen LogP contribution in [0.5, 0.6) is 0 Å². The maximum absolute atomic E-state index is 11.2. The van der Waals surface area contributed by atoms with Crippen LogP contribution < -0.4 is 10.9 Å². The van der Waals surface area contributed by atoms with Crippen LogP contribution in [-0.2, 0) is 9.59 Å². The Morgan fingerprint density at radius 3 is 2.00 bits per heavy atom. The minimum atomic E-state index is -0.282. The van der Waals surface area contributed by atoms with Gasteiger partial charge < -0.3 is 0 Å². The van der Waals surface area contributed by atoms with Crippen molar-refractivity contribution in [1.82, 2.24) is 10.9 Å². The van der Waals surface area contributed by atoms with Crippen molar-refractivity contribution in [3.05, 3.63) is 0 Å². The molecule has 0 aliphatic rings. The van der Waals surface area contributed by atoms with E-state index in [0.717, 1.165) is 0 Å². The van der Waals surface area contributed by atoms with Crippen molar-refractivity contribution in [2.45, 2.75) is 20.8 Å². The van der Waals surface area contributed by atoms with Crippen LogP contribution in [0.2, 0.25) is 0 Å².